The third-order valence-corrected chi connectivity index (χ3v) is 4.47. The Bertz CT molecular complexity index is 865. The molecule has 1 aromatic heterocycles. The van der Waals surface area contributed by atoms with Crippen molar-refractivity contribution in [2.45, 2.75) is 6.54 Å². The zero-order chi connectivity index (χ0) is 18.3. The van der Waals surface area contributed by atoms with Crippen molar-refractivity contribution in [2.24, 2.45) is 0 Å². The summed E-state index contributed by atoms with van der Waals surface area (Å²) in [5.74, 6) is 1.37. The lowest BCUT2D eigenvalue weighted by molar-refractivity contribution is 0.123. The Morgan fingerprint density at radius 1 is 0.926 bits per heavy atom. The van der Waals surface area contributed by atoms with Crippen molar-refractivity contribution < 1.29 is 4.74 Å². The van der Waals surface area contributed by atoms with Crippen molar-refractivity contribution in [3.63, 3.8) is 0 Å². The highest BCUT2D eigenvalue weighted by Crippen LogP contribution is 2.28. The minimum atomic E-state index is 0.578. The number of para-hydroxylation sites is 2. The molecule has 138 valence electrons. The molecule has 1 aliphatic heterocycles. The van der Waals surface area contributed by atoms with E-state index in [0.717, 1.165) is 50.0 Å². The highest BCUT2D eigenvalue weighted by atomic mass is 16.5. The standard InChI is InChI=1S/C21H23N5O/c1-2-6-17(7-3-1)16-23-20-10-11-22-21(25-20)24-18-8-4-5-9-19(18)26-12-14-27-15-13-26/h1-11H,12-16H2,(H2,22,23,24,25). The summed E-state index contributed by atoms with van der Waals surface area (Å²) in [5, 5.41) is 6.71. The summed E-state index contributed by atoms with van der Waals surface area (Å²) in [5.41, 5.74) is 3.36. The quantitative estimate of drug-likeness (QED) is 0.699. The molecule has 2 N–H and O–H groups in total. The molecule has 2 aromatic carbocycles. The van der Waals surface area contributed by atoms with Crippen LogP contribution < -0.4 is 15.5 Å². The summed E-state index contributed by atoms with van der Waals surface area (Å²) in [6, 6.07) is 20.4. The van der Waals surface area contributed by atoms with Crippen LogP contribution in [-0.2, 0) is 11.3 Å². The van der Waals surface area contributed by atoms with Crippen LogP contribution in [0.15, 0.2) is 66.9 Å². The molecule has 0 unspecified atom stereocenters. The number of nitrogens with zero attached hydrogens (tertiary/aromatic N) is 3. The second kappa shape index (κ2) is 8.51. The van der Waals surface area contributed by atoms with Gasteiger partial charge in [-0.1, -0.05) is 42.5 Å². The second-order valence-corrected chi connectivity index (χ2v) is 6.35. The number of benzene rings is 2. The smallest absolute Gasteiger partial charge is 0.229 e. The fraction of sp³-hybridized carbons (Fsp3) is 0.238. The zero-order valence-electron chi connectivity index (χ0n) is 15.1. The van der Waals surface area contributed by atoms with Gasteiger partial charge < -0.3 is 20.3 Å². The molecule has 1 saturated heterocycles. The van der Waals surface area contributed by atoms with Gasteiger partial charge in [-0.05, 0) is 23.8 Å². The largest absolute Gasteiger partial charge is 0.378 e. The van der Waals surface area contributed by atoms with Crippen LogP contribution in [-0.4, -0.2) is 36.3 Å². The first-order valence-electron chi connectivity index (χ1n) is 9.18. The Hall–Kier alpha value is -3.12. The fourth-order valence-corrected chi connectivity index (χ4v) is 3.09. The molecule has 4 rings (SSSR count). The van der Waals surface area contributed by atoms with E-state index in [1.807, 2.05) is 30.3 Å². The second-order valence-electron chi connectivity index (χ2n) is 6.35. The molecule has 0 radical (unpaired) electrons. The number of morpholine rings is 1. The zero-order valence-corrected chi connectivity index (χ0v) is 15.1. The first kappa shape index (κ1) is 17.3. The molecule has 0 atom stereocenters. The first-order chi connectivity index (χ1) is 13.4. The third-order valence-electron chi connectivity index (χ3n) is 4.47. The molecular formula is C21H23N5O. The molecule has 0 bridgehead atoms. The van der Waals surface area contributed by atoms with Gasteiger partial charge in [0.05, 0.1) is 24.6 Å². The van der Waals surface area contributed by atoms with Gasteiger partial charge in [-0.2, -0.15) is 4.98 Å². The van der Waals surface area contributed by atoms with E-state index in [1.54, 1.807) is 6.20 Å². The van der Waals surface area contributed by atoms with E-state index in [9.17, 15) is 0 Å². The lowest BCUT2D eigenvalue weighted by atomic mass is 10.2. The summed E-state index contributed by atoms with van der Waals surface area (Å²) in [4.78, 5) is 11.3. The predicted molar refractivity (Wildman–Crippen MR) is 109 cm³/mol. The van der Waals surface area contributed by atoms with Crippen LogP contribution >= 0.6 is 0 Å². The van der Waals surface area contributed by atoms with Crippen LogP contribution in [0.5, 0.6) is 0 Å². The highest BCUT2D eigenvalue weighted by Gasteiger charge is 2.15. The van der Waals surface area contributed by atoms with Gasteiger partial charge in [-0.3, -0.25) is 0 Å². The molecule has 2 heterocycles. The summed E-state index contributed by atoms with van der Waals surface area (Å²) in [6.07, 6.45) is 1.76. The number of hydrogen-bond acceptors (Lipinski definition) is 6. The molecule has 1 fully saturated rings. The molecule has 1 aliphatic rings. The molecule has 0 saturated carbocycles. The van der Waals surface area contributed by atoms with Gasteiger partial charge in [0.15, 0.2) is 0 Å². The third kappa shape index (κ3) is 4.54. The van der Waals surface area contributed by atoms with Crippen LogP contribution in [0.3, 0.4) is 0 Å². The van der Waals surface area contributed by atoms with Gasteiger partial charge in [0, 0.05) is 25.8 Å². The van der Waals surface area contributed by atoms with Crippen molar-refractivity contribution in [3.8, 4) is 0 Å². The van der Waals surface area contributed by atoms with Crippen molar-refractivity contribution in [1.29, 1.82) is 0 Å². The lowest BCUT2D eigenvalue weighted by Gasteiger charge is -2.30. The molecule has 0 spiro atoms. The van der Waals surface area contributed by atoms with E-state index >= 15 is 0 Å². The van der Waals surface area contributed by atoms with Crippen LogP contribution in [0.4, 0.5) is 23.1 Å². The van der Waals surface area contributed by atoms with Crippen LogP contribution in [0.1, 0.15) is 5.56 Å². The van der Waals surface area contributed by atoms with Gasteiger partial charge in [0.25, 0.3) is 0 Å². The van der Waals surface area contributed by atoms with Crippen molar-refractivity contribution in [3.05, 3.63) is 72.4 Å². The number of rotatable bonds is 6. The fourth-order valence-electron chi connectivity index (χ4n) is 3.09. The normalized spacial score (nSPS) is 14.0. The maximum absolute atomic E-state index is 5.46. The number of nitrogens with one attached hydrogen (secondary N) is 2. The van der Waals surface area contributed by atoms with Crippen molar-refractivity contribution in [2.75, 3.05) is 41.8 Å². The van der Waals surface area contributed by atoms with Gasteiger partial charge in [0.1, 0.15) is 5.82 Å². The van der Waals surface area contributed by atoms with E-state index in [4.69, 9.17) is 4.74 Å². The Kier molecular flexibility index (Phi) is 5.45. The number of aromatic nitrogens is 2. The highest BCUT2D eigenvalue weighted by molar-refractivity contribution is 5.73. The average Bonchev–Trinajstić information content (AvgIpc) is 2.74. The molecule has 27 heavy (non-hydrogen) atoms. The maximum Gasteiger partial charge on any atom is 0.229 e. The van der Waals surface area contributed by atoms with Gasteiger partial charge in [0.2, 0.25) is 5.95 Å². The van der Waals surface area contributed by atoms with Gasteiger partial charge >= 0.3 is 0 Å². The number of anilines is 4. The number of ether oxygens (including phenoxy) is 1. The van der Waals surface area contributed by atoms with Gasteiger partial charge in [-0.15, -0.1) is 0 Å². The topological polar surface area (TPSA) is 62.3 Å². The molecular weight excluding hydrogens is 338 g/mol. The molecule has 6 nitrogen and oxygen atoms in total. The lowest BCUT2D eigenvalue weighted by Crippen LogP contribution is -2.36. The van der Waals surface area contributed by atoms with E-state index in [0.29, 0.717) is 5.95 Å². The van der Waals surface area contributed by atoms with Crippen molar-refractivity contribution >= 4 is 23.1 Å². The van der Waals surface area contributed by atoms with E-state index in [1.165, 1.54) is 5.56 Å². The average molecular weight is 361 g/mol. The molecule has 0 amide bonds. The number of hydrogen-bond donors (Lipinski definition) is 2. The Morgan fingerprint density at radius 2 is 1.70 bits per heavy atom. The van der Waals surface area contributed by atoms with Gasteiger partial charge in [-0.25, -0.2) is 4.98 Å². The van der Waals surface area contributed by atoms with Crippen molar-refractivity contribution in [1.82, 2.24) is 9.97 Å². The molecule has 0 aliphatic carbocycles. The SMILES string of the molecule is c1ccc(CNc2ccnc(Nc3ccccc3N3CCOCC3)n2)cc1. The summed E-state index contributed by atoms with van der Waals surface area (Å²) in [7, 11) is 0. The summed E-state index contributed by atoms with van der Waals surface area (Å²) < 4.78 is 5.46. The predicted octanol–water partition coefficient (Wildman–Crippen LogP) is 3.67. The Morgan fingerprint density at radius 3 is 2.56 bits per heavy atom. The van der Waals surface area contributed by atoms with E-state index in [-0.39, 0.29) is 0 Å². The summed E-state index contributed by atoms with van der Waals surface area (Å²) >= 11 is 0. The minimum absolute atomic E-state index is 0.578. The maximum atomic E-state index is 5.46. The molecule has 3 aromatic rings. The summed E-state index contributed by atoms with van der Waals surface area (Å²) in [6.45, 7) is 4.01. The Labute approximate surface area is 159 Å². The first-order valence-corrected chi connectivity index (χ1v) is 9.18. The van der Waals surface area contributed by atoms with E-state index < -0.39 is 0 Å². The van der Waals surface area contributed by atoms with Crippen LogP contribution in [0.2, 0.25) is 0 Å². The van der Waals surface area contributed by atoms with E-state index in [2.05, 4.69) is 55.8 Å². The monoisotopic (exact) mass is 361 g/mol. The minimum Gasteiger partial charge on any atom is -0.378 e. The van der Waals surface area contributed by atoms with Crippen LogP contribution in [0, 0.1) is 0 Å². The van der Waals surface area contributed by atoms with Crippen LogP contribution in [0.25, 0.3) is 0 Å². The Balaban J connectivity index is 1.47. The molecule has 6 heteroatoms.